The lowest BCUT2D eigenvalue weighted by Gasteiger charge is -2.19. The molecule has 0 fully saturated rings. The standard InChI is InChI=1S/C15H18O2.C7H12O2/c1-12(14(16)17-15(2,3)4)10-11-13-8-6-5-7-9-13;1-3-5-6-9-7(8)4-2/h5-11H,1H2,2-4H3;4H,2-3,5-6H2,1H3. The van der Waals surface area contributed by atoms with Gasteiger partial charge in [-0.05, 0) is 38.8 Å². The molecule has 4 nitrogen and oxygen atoms in total. The summed E-state index contributed by atoms with van der Waals surface area (Å²) in [5.41, 5.74) is 0.890. The third kappa shape index (κ3) is 12.8. The predicted octanol–water partition coefficient (Wildman–Crippen LogP) is 5.11. The van der Waals surface area contributed by atoms with Crippen LogP contribution in [0.4, 0.5) is 0 Å². The van der Waals surface area contributed by atoms with Gasteiger partial charge in [0.1, 0.15) is 5.60 Å². The number of carbonyl (C=O) groups excluding carboxylic acids is 2. The number of hydrogen-bond donors (Lipinski definition) is 0. The Hall–Kier alpha value is -2.62. The van der Waals surface area contributed by atoms with E-state index in [1.165, 1.54) is 6.08 Å². The van der Waals surface area contributed by atoms with Crippen molar-refractivity contribution in [3.63, 3.8) is 0 Å². The number of benzene rings is 1. The van der Waals surface area contributed by atoms with Gasteiger partial charge in [0.15, 0.2) is 0 Å². The number of unbranched alkanes of at least 4 members (excludes halogenated alkanes) is 1. The van der Waals surface area contributed by atoms with E-state index in [2.05, 4.69) is 17.9 Å². The van der Waals surface area contributed by atoms with Gasteiger partial charge in [-0.1, -0.05) is 62.9 Å². The minimum Gasteiger partial charge on any atom is -0.463 e. The Bertz CT molecular complexity index is 607. The lowest BCUT2D eigenvalue weighted by Crippen LogP contribution is -2.24. The first kappa shape index (κ1) is 23.4. The third-order valence-corrected chi connectivity index (χ3v) is 2.85. The first-order valence-electron chi connectivity index (χ1n) is 8.64. The van der Waals surface area contributed by atoms with Gasteiger partial charge < -0.3 is 9.47 Å². The lowest BCUT2D eigenvalue weighted by atomic mass is 10.1. The highest BCUT2D eigenvalue weighted by molar-refractivity contribution is 5.92. The summed E-state index contributed by atoms with van der Waals surface area (Å²) in [5, 5.41) is 0. The van der Waals surface area contributed by atoms with Gasteiger partial charge >= 0.3 is 11.9 Å². The van der Waals surface area contributed by atoms with Crippen LogP contribution in [0.2, 0.25) is 0 Å². The zero-order valence-electron chi connectivity index (χ0n) is 16.3. The Morgan fingerprint density at radius 3 is 2.27 bits per heavy atom. The third-order valence-electron chi connectivity index (χ3n) is 2.85. The van der Waals surface area contributed by atoms with E-state index in [9.17, 15) is 9.59 Å². The van der Waals surface area contributed by atoms with E-state index in [0.29, 0.717) is 12.2 Å². The van der Waals surface area contributed by atoms with Gasteiger partial charge in [-0.15, -0.1) is 0 Å². The molecule has 0 saturated carbocycles. The Kier molecular flexibility index (Phi) is 11.4. The average Bonchev–Trinajstić information content (AvgIpc) is 2.59. The maximum Gasteiger partial charge on any atom is 0.338 e. The molecule has 0 amide bonds. The van der Waals surface area contributed by atoms with E-state index < -0.39 is 5.60 Å². The van der Waals surface area contributed by atoms with Crippen LogP contribution in [0, 0.1) is 0 Å². The van der Waals surface area contributed by atoms with Crippen molar-refractivity contribution in [3.8, 4) is 0 Å². The number of rotatable bonds is 7. The van der Waals surface area contributed by atoms with Crippen LogP contribution in [-0.2, 0) is 19.1 Å². The van der Waals surface area contributed by atoms with Gasteiger partial charge in [-0.3, -0.25) is 0 Å². The molecule has 0 spiro atoms. The molecule has 0 saturated heterocycles. The molecule has 0 aliphatic rings. The molecule has 1 aromatic rings. The molecule has 0 aliphatic carbocycles. The van der Waals surface area contributed by atoms with Gasteiger partial charge in [-0.2, -0.15) is 0 Å². The Morgan fingerprint density at radius 1 is 1.15 bits per heavy atom. The van der Waals surface area contributed by atoms with Crippen LogP contribution in [0.5, 0.6) is 0 Å². The minimum atomic E-state index is -0.486. The number of ether oxygens (including phenoxy) is 2. The number of hydrogen-bond acceptors (Lipinski definition) is 4. The van der Waals surface area contributed by atoms with E-state index in [4.69, 9.17) is 4.74 Å². The quantitative estimate of drug-likeness (QED) is 0.294. The van der Waals surface area contributed by atoms with Crippen LogP contribution in [-0.4, -0.2) is 24.1 Å². The highest BCUT2D eigenvalue weighted by Gasteiger charge is 2.17. The molecular formula is C22H30O4. The van der Waals surface area contributed by atoms with Crippen LogP contribution in [0.3, 0.4) is 0 Å². The summed E-state index contributed by atoms with van der Waals surface area (Å²) in [4.78, 5) is 22.0. The summed E-state index contributed by atoms with van der Waals surface area (Å²) in [7, 11) is 0. The molecule has 0 aromatic heterocycles. The summed E-state index contributed by atoms with van der Waals surface area (Å²) in [5.74, 6) is -0.715. The van der Waals surface area contributed by atoms with Gasteiger partial charge in [-0.25, -0.2) is 9.59 Å². The van der Waals surface area contributed by atoms with E-state index in [0.717, 1.165) is 18.4 Å². The topological polar surface area (TPSA) is 52.6 Å². The first-order valence-corrected chi connectivity index (χ1v) is 8.64. The van der Waals surface area contributed by atoms with Crippen molar-refractivity contribution >= 4 is 18.0 Å². The van der Waals surface area contributed by atoms with Crippen molar-refractivity contribution in [2.45, 2.75) is 46.1 Å². The van der Waals surface area contributed by atoms with E-state index in [1.54, 1.807) is 6.08 Å². The van der Waals surface area contributed by atoms with Crippen LogP contribution in [0.1, 0.15) is 46.1 Å². The summed E-state index contributed by atoms with van der Waals surface area (Å²) in [6.45, 7) is 15.0. The molecule has 0 radical (unpaired) electrons. The molecule has 0 N–H and O–H groups in total. The van der Waals surface area contributed by atoms with Crippen LogP contribution >= 0.6 is 0 Å². The maximum atomic E-state index is 11.6. The molecule has 0 unspecified atom stereocenters. The fraction of sp³-hybridized carbons (Fsp3) is 0.364. The van der Waals surface area contributed by atoms with Crippen LogP contribution in [0.15, 0.2) is 61.2 Å². The second-order valence-corrected chi connectivity index (χ2v) is 6.50. The first-order chi connectivity index (χ1) is 12.2. The Morgan fingerprint density at radius 2 is 1.77 bits per heavy atom. The smallest absolute Gasteiger partial charge is 0.338 e. The van der Waals surface area contributed by atoms with Crippen molar-refractivity contribution in [2.24, 2.45) is 0 Å². The average molecular weight is 358 g/mol. The zero-order chi connectivity index (χ0) is 20.0. The Balaban J connectivity index is 0.000000590. The maximum absolute atomic E-state index is 11.6. The molecule has 26 heavy (non-hydrogen) atoms. The number of esters is 2. The molecule has 142 valence electrons. The number of carbonyl (C=O) groups is 2. The normalized spacial score (nSPS) is 10.5. The second-order valence-electron chi connectivity index (χ2n) is 6.50. The molecular weight excluding hydrogens is 328 g/mol. The fourth-order valence-electron chi connectivity index (χ4n) is 1.55. The zero-order valence-corrected chi connectivity index (χ0v) is 16.3. The van der Waals surface area contributed by atoms with Gasteiger partial charge in [0.2, 0.25) is 0 Å². The van der Waals surface area contributed by atoms with Gasteiger partial charge in [0.25, 0.3) is 0 Å². The molecule has 0 bridgehead atoms. The van der Waals surface area contributed by atoms with Gasteiger partial charge in [0.05, 0.1) is 12.2 Å². The second kappa shape index (κ2) is 12.7. The Labute approximate surface area is 157 Å². The van der Waals surface area contributed by atoms with E-state index in [-0.39, 0.29) is 11.9 Å². The van der Waals surface area contributed by atoms with E-state index >= 15 is 0 Å². The lowest BCUT2D eigenvalue weighted by molar-refractivity contribution is -0.149. The summed E-state index contributed by atoms with van der Waals surface area (Å²) in [6, 6.07) is 9.74. The van der Waals surface area contributed by atoms with Crippen LogP contribution < -0.4 is 0 Å². The van der Waals surface area contributed by atoms with Crippen molar-refractivity contribution < 1.29 is 19.1 Å². The monoisotopic (exact) mass is 358 g/mol. The summed E-state index contributed by atoms with van der Waals surface area (Å²) >= 11 is 0. The van der Waals surface area contributed by atoms with Crippen molar-refractivity contribution in [1.82, 2.24) is 0 Å². The van der Waals surface area contributed by atoms with Crippen molar-refractivity contribution in [3.05, 3.63) is 66.8 Å². The molecule has 1 aromatic carbocycles. The molecule has 0 atom stereocenters. The summed E-state index contributed by atoms with van der Waals surface area (Å²) in [6.07, 6.45) is 6.66. The highest BCUT2D eigenvalue weighted by Crippen LogP contribution is 2.11. The molecule has 0 heterocycles. The minimum absolute atomic E-state index is 0.330. The molecule has 1 rings (SSSR count). The van der Waals surface area contributed by atoms with Crippen molar-refractivity contribution in [2.75, 3.05) is 6.61 Å². The van der Waals surface area contributed by atoms with E-state index in [1.807, 2.05) is 64.1 Å². The summed E-state index contributed by atoms with van der Waals surface area (Å²) < 4.78 is 9.87. The highest BCUT2D eigenvalue weighted by atomic mass is 16.6. The molecule has 4 heteroatoms. The molecule has 0 aliphatic heterocycles. The van der Waals surface area contributed by atoms with Gasteiger partial charge in [0, 0.05) is 6.08 Å². The largest absolute Gasteiger partial charge is 0.463 e. The van der Waals surface area contributed by atoms with Crippen molar-refractivity contribution in [1.29, 1.82) is 0 Å². The SMILES string of the molecule is C=C(C=Cc1ccccc1)C(=O)OC(C)(C)C.C=CC(=O)OCCCC. The fourth-order valence-corrected chi connectivity index (χ4v) is 1.55. The predicted molar refractivity (Wildman–Crippen MR) is 107 cm³/mol. The van der Waals surface area contributed by atoms with Crippen LogP contribution in [0.25, 0.3) is 6.08 Å².